The van der Waals surface area contributed by atoms with Crippen LogP contribution in [0.25, 0.3) is 0 Å². The van der Waals surface area contributed by atoms with Crippen molar-refractivity contribution in [3.63, 3.8) is 0 Å². The lowest BCUT2D eigenvalue weighted by molar-refractivity contribution is 0.102. The minimum absolute atomic E-state index is 0.180. The van der Waals surface area contributed by atoms with Crippen LogP contribution in [0, 0.1) is 4.64 Å². The van der Waals surface area contributed by atoms with Crippen LogP contribution in [0.3, 0.4) is 0 Å². The van der Waals surface area contributed by atoms with E-state index in [9.17, 15) is 4.79 Å². The van der Waals surface area contributed by atoms with Gasteiger partial charge in [-0.15, -0.1) is 23.5 Å². The molecule has 0 atom stereocenters. The first-order valence-electron chi connectivity index (χ1n) is 6.56. The van der Waals surface area contributed by atoms with Crippen molar-refractivity contribution in [2.24, 2.45) is 0 Å². The molecule has 1 aromatic carbocycles. The summed E-state index contributed by atoms with van der Waals surface area (Å²) in [4.78, 5) is 15.1. The smallest absolute Gasteiger partial charge is 0.258 e. The topological polar surface area (TPSA) is 44.9 Å². The van der Waals surface area contributed by atoms with Crippen LogP contribution in [0.4, 0.5) is 5.69 Å². The normalized spacial score (nSPS) is 15.0. The maximum Gasteiger partial charge on any atom is 0.258 e. The molecule has 0 spiro atoms. The summed E-state index contributed by atoms with van der Waals surface area (Å²) in [5, 5.41) is 2.92. The SMILES string of the molecule is O=C(Nc1cccc(C2SCCS2)c1)c1ccc[nH]c1=S. The summed E-state index contributed by atoms with van der Waals surface area (Å²) in [6.07, 6.45) is 1.72. The van der Waals surface area contributed by atoms with E-state index in [2.05, 4.69) is 16.4 Å². The number of nitrogens with one attached hydrogen (secondary N) is 2. The van der Waals surface area contributed by atoms with Gasteiger partial charge in [-0.25, -0.2) is 0 Å². The largest absolute Gasteiger partial charge is 0.352 e. The minimum Gasteiger partial charge on any atom is -0.352 e. The highest BCUT2D eigenvalue weighted by molar-refractivity contribution is 8.19. The van der Waals surface area contributed by atoms with E-state index < -0.39 is 0 Å². The molecule has 21 heavy (non-hydrogen) atoms. The number of carbonyl (C=O) groups is 1. The molecule has 1 aliphatic heterocycles. The van der Waals surface area contributed by atoms with E-state index in [0.29, 0.717) is 14.8 Å². The third-order valence-electron chi connectivity index (χ3n) is 3.10. The van der Waals surface area contributed by atoms with Crippen molar-refractivity contribution >= 4 is 47.3 Å². The summed E-state index contributed by atoms with van der Waals surface area (Å²) < 4.78 is 0.925. The number of rotatable bonds is 3. The Kier molecular flexibility index (Phi) is 4.67. The van der Waals surface area contributed by atoms with E-state index in [4.69, 9.17) is 12.2 Å². The van der Waals surface area contributed by atoms with Crippen LogP contribution in [0.15, 0.2) is 42.6 Å². The molecule has 0 bridgehead atoms. The number of aromatic nitrogens is 1. The van der Waals surface area contributed by atoms with E-state index in [1.807, 2.05) is 41.7 Å². The molecular weight excluding hydrogens is 320 g/mol. The first-order chi connectivity index (χ1) is 10.2. The molecule has 108 valence electrons. The second kappa shape index (κ2) is 6.68. The van der Waals surface area contributed by atoms with Crippen LogP contribution in [0.1, 0.15) is 20.5 Å². The van der Waals surface area contributed by atoms with Gasteiger partial charge in [0.15, 0.2) is 0 Å². The number of aromatic amines is 1. The van der Waals surface area contributed by atoms with E-state index in [-0.39, 0.29) is 5.91 Å². The lowest BCUT2D eigenvalue weighted by Gasteiger charge is -2.11. The Bertz CT molecular complexity index is 708. The first-order valence-corrected chi connectivity index (χ1v) is 9.07. The number of benzene rings is 1. The highest BCUT2D eigenvalue weighted by Crippen LogP contribution is 2.45. The van der Waals surface area contributed by atoms with Crippen LogP contribution >= 0.6 is 35.7 Å². The lowest BCUT2D eigenvalue weighted by atomic mass is 10.2. The number of thioether (sulfide) groups is 2. The zero-order chi connectivity index (χ0) is 14.7. The number of hydrogen-bond donors (Lipinski definition) is 2. The van der Waals surface area contributed by atoms with E-state index in [1.165, 1.54) is 17.1 Å². The zero-order valence-corrected chi connectivity index (χ0v) is 13.6. The molecule has 1 saturated heterocycles. The fourth-order valence-electron chi connectivity index (χ4n) is 2.11. The predicted molar refractivity (Wildman–Crippen MR) is 93.7 cm³/mol. The van der Waals surface area contributed by atoms with Gasteiger partial charge < -0.3 is 10.3 Å². The molecule has 2 aromatic rings. The van der Waals surface area contributed by atoms with Crippen LogP contribution in [-0.4, -0.2) is 22.4 Å². The third kappa shape index (κ3) is 3.51. The summed E-state index contributed by atoms with van der Waals surface area (Å²) in [6, 6.07) is 11.5. The Hall–Kier alpha value is -1.24. The number of amides is 1. The molecule has 1 aromatic heterocycles. The van der Waals surface area contributed by atoms with Crippen molar-refractivity contribution < 1.29 is 4.79 Å². The van der Waals surface area contributed by atoms with Gasteiger partial charge in [0.1, 0.15) is 4.64 Å². The molecule has 0 saturated carbocycles. The van der Waals surface area contributed by atoms with E-state index in [1.54, 1.807) is 18.3 Å². The Labute approximate surface area is 136 Å². The average Bonchev–Trinajstić information content (AvgIpc) is 3.02. The van der Waals surface area contributed by atoms with Crippen molar-refractivity contribution in [2.75, 3.05) is 16.8 Å². The quantitative estimate of drug-likeness (QED) is 0.813. The maximum atomic E-state index is 12.3. The molecule has 0 unspecified atom stereocenters. The number of pyridine rings is 1. The van der Waals surface area contributed by atoms with Gasteiger partial charge >= 0.3 is 0 Å². The summed E-state index contributed by atoms with van der Waals surface area (Å²) >= 11 is 9.04. The summed E-state index contributed by atoms with van der Waals surface area (Å²) in [5.41, 5.74) is 2.55. The molecular formula is C15H14N2OS3. The Balaban J connectivity index is 1.79. The van der Waals surface area contributed by atoms with Crippen LogP contribution in [0.2, 0.25) is 0 Å². The van der Waals surface area contributed by atoms with Crippen molar-refractivity contribution in [2.45, 2.75) is 4.58 Å². The number of anilines is 1. The predicted octanol–water partition coefficient (Wildman–Crippen LogP) is 4.48. The highest BCUT2D eigenvalue weighted by Gasteiger charge is 2.18. The van der Waals surface area contributed by atoms with Gasteiger partial charge in [0.25, 0.3) is 5.91 Å². The van der Waals surface area contributed by atoms with Crippen LogP contribution in [-0.2, 0) is 0 Å². The number of H-pyrrole nitrogens is 1. The Morgan fingerprint density at radius 2 is 2.05 bits per heavy atom. The molecule has 3 rings (SSSR count). The summed E-state index contributed by atoms with van der Waals surface area (Å²) in [6.45, 7) is 0. The van der Waals surface area contributed by atoms with E-state index >= 15 is 0 Å². The van der Waals surface area contributed by atoms with Crippen molar-refractivity contribution in [3.05, 3.63) is 58.4 Å². The summed E-state index contributed by atoms with van der Waals surface area (Å²) in [5.74, 6) is 2.19. The molecule has 0 aliphatic carbocycles. The molecule has 0 radical (unpaired) electrons. The Morgan fingerprint density at radius 3 is 2.81 bits per heavy atom. The monoisotopic (exact) mass is 334 g/mol. The standard InChI is InChI=1S/C15H14N2OS3/c18-13(12-5-2-6-16-14(12)19)17-11-4-1-3-10(9-11)15-20-7-8-21-15/h1-6,9,15H,7-8H2,(H,16,19)(H,17,18). The molecule has 1 fully saturated rings. The van der Waals surface area contributed by atoms with Crippen LogP contribution < -0.4 is 5.32 Å². The van der Waals surface area contributed by atoms with Crippen molar-refractivity contribution in [3.8, 4) is 0 Å². The van der Waals surface area contributed by atoms with Crippen molar-refractivity contribution in [1.82, 2.24) is 4.98 Å². The average molecular weight is 334 g/mol. The molecule has 6 heteroatoms. The van der Waals surface area contributed by atoms with E-state index in [0.717, 1.165) is 5.69 Å². The van der Waals surface area contributed by atoms with Gasteiger partial charge in [-0.1, -0.05) is 24.4 Å². The van der Waals surface area contributed by atoms with Gasteiger partial charge in [0, 0.05) is 23.4 Å². The summed E-state index contributed by atoms with van der Waals surface area (Å²) in [7, 11) is 0. The van der Waals surface area contributed by atoms with Gasteiger partial charge in [-0.2, -0.15) is 0 Å². The molecule has 3 nitrogen and oxygen atoms in total. The van der Waals surface area contributed by atoms with Crippen LogP contribution in [0.5, 0.6) is 0 Å². The fraction of sp³-hybridized carbons (Fsp3) is 0.200. The zero-order valence-electron chi connectivity index (χ0n) is 11.2. The van der Waals surface area contributed by atoms with Gasteiger partial charge in [0.2, 0.25) is 0 Å². The number of hydrogen-bond acceptors (Lipinski definition) is 4. The molecule has 1 aliphatic rings. The number of carbonyl (C=O) groups excluding carboxylic acids is 1. The van der Waals surface area contributed by atoms with Gasteiger partial charge in [-0.05, 0) is 29.8 Å². The minimum atomic E-state index is -0.180. The molecule has 2 N–H and O–H groups in total. The maximum absolute atomic E-state index is 12.3. The van der Waals surface area contributed by atoms with Crippen molar-refractivity contribution in [1.29, 1.82) is 0 Å². The fourth-order valence-corrected chi connectivity index (χ4v) is 5.18. The second-order valence-corrected chi connectivity index (χ2v) is 7.70. The van der Waals surface area contributed by atoms with Gasteiger partial charge in [-0.3, -0.25) is 4.79 Å². The lowest BCUT2D eigenvalue weighted by Crippen LogP contribution is -2.13. The molecule has 2 heterocycles. The highest BCUT2D eigenvalue weighted by atomic mass is 32.2. The molecule has 1 amide bonds. The Morgan fingerprint density at radius 1 is 1.24 bits per heavy atom. The van der Waals surface area contributed by atoms with Gasteiger partial charge in [0.05, 0.1) is 10.1 Å². The first kappa shape index (κ1) is 14.7. The second-order valence-electron chi connectivity index (χ2n) is 4.57. The third-order valence-corrected chi connectivity index (χ3v) is 6.54.